The van der Waals surface area contributed by atoms with Gasteiger partial charge < -0.3 is 14.4 Å². The lowest BCUT2D eigenvalue weighted by Gasteiger charge is -2.19. The molecule has 162 valence electrons. The molecule has 1 aromatic heterocycles. The maximum absolute atomic E-state index is 13.2. The van der Waals surface area contributed by atoms with Crippen molar-refractivity contribution < 1.29 is 27.4 Å². The Morgan fingerprint density at radius 2 is 1.84 bits per heavy atom. The number of amides is 1. The third kappa shape index (κ3) is 4.82. The average Bonchev–Trinajstić information content (AvgIpc) is 3.13. The highest BCUT2D eigenvalue weighted by Crippen LogP contribution is 2.31. The van der Waals surface area contributed by atoms with Gasteiger partial charge in [-0.1, -0.05) is 18.2 Å². The molecule has 0 N–H and O–H groups in total. The third-order valence-electron chi connectivity index (χ3n) is 4.91. The maximum Gasteiger partial charge on any atom is 0.573 e. The van der Waals surface area contributed by atoms with Crippen LogP contribution in [0.3, 0.4) is 0 Å². The number of ether oxygens (including phenoxy) is 2. The Labute approximate surface area is 176 Å². The van der Waals surface area contributed by atoms with Crippen LogP contribution in [0.4, 0.5) is 13.2 Å². The van der Waals surface area contributed by atoms with Crippen LogP contribution in [0.25, 0.3) is 11.1 Å². The van der Waals surface area contributed by atoms with E-state index >= 15 is 0 Å². The largest absolute Gasteiger partial charge is 0.573 e. The fraction of sp³-hybridized carbons (Fsp3) is 0.273. The minimum atomic E-state index is -4.74. The topological polar surface area (TPSA) is 56.6 Å². The summed E-state index contributed by atoms with van der Waals surface area (Å²) in [6.45, 7) is 3.88. The molecule has 1 amide bonds. The monoisotopic (exact) mass is 431 g/mol. The number of alkyl halides is 3. The lowest BCUT2D eigenvalue weighted by molar-refractivity contribution is -0.274. The molecule has 0 radical (unpaired) electrons. The van der Waals surface area contributed by atoms with Crippen LogP contribution < -0.4 is 9.47 Å². The van der Waals surface area contributed by atoms with Gasteiger partial charge in [0.15, 0.2) is 0 Å². The Morgan fingerprint density at radius 3 is 2.52 bits per heavy atom. The van der Waals surface area contributed by atoms with Crippen molar-refractivity contribution in [2.75, 3.05) is 13.2 Å². The predicted octanol–water partition coefficient (Wildman–Crippen LogP) is 4.50. The van der Waals surface area contributed by atoms with Gasteiger partial charge in [0.25, 0.3) is 5.91 Å². The number of nitrogens with zero attached hydrogens (tertiary/aromatic N) is 3. The highest BCUT2D eigenvalue weighted by atomic mass is 19.4. The maximum atomic E-state index is 13.2. The molecule has 0 spiro atoms. The second kappa shape index (κ2) is 8.33. The van der Waals surface area contributed by atoms with E-state index in [1.165, 1.54) is 24.3 Å². The van der Waals surface area contributed by atoms with Gasteiger partial charge in [-0.3, -0.25) is 9.48 Å². The summed E-state index contributed by atoms with van der Waals surface area (Å²) in [6.07, 6.45) is -2.88. The normalized spacial score (nSPS) is 14.1. The summed E-state index contributed by atoms with van der Waals surface area (Å²) in [5, 5.41) is 4.43. The molecule has 1 aliphatic rings. The summed E-state index contributed by atoms with van der Waals surface area (Å²) >= 11 is 0. The first-order valence-electron chi connectivity index (χ1n) is 9.77. The number of carbonyl (C=O) groups excluding carboxylic acids is 1. The van der Waals surface area contributed by atoms with E-state index in [1.54, 1.807) is 27.8 Å². The molecule has 2 heterocycles. The van der Waals surface area contributed by atoms with Crippen molar-refractivity contribution in [2.24, 2.45) is 0 Å². The molecule has 0 unspecified atom stereocenters. The Balaban J connectivity index is 1.57. The zero-order chi connectivity index (χ0) is 22.0. The molecule has 0 fully saturated rings. The summed E-state index contributed by atoms with van der Waals surface area (Å²) < 4.78 is 48.5. The molecule has 1 aliphatic heterocycles. The SMILES string of the molecule is CCn1ccc(CN2CCOc3ccc(-c4ccc(OC(F)(F)F)cc4)cc3C2=O)n1. The van der Waals surface area contributed by atoms with E-state index in [9.17, 15) is 18.0 Å². The first-order valence-corrected chi connectivity index (χ1v) is 9.77. The second-order valence-electron chi connectivity index (χ2n) is 7.02. The standard InChI is InChI=1S/C22H20F3N3O3/c1-2-28-10-9-17(26-28)14-27-11-12-30-20-8-5-16(13-19(20)21(27)29)15-3-6-18(7-4-15)31-22(23,24)25/h3-10,13H,2,11-12,14H2,1H3. The lowest BCUT2D eigenvalue weighted by atomic mass is 10.0. The van der Waals surface area contributed by atoms with Crippen molar-refractivity contribution in [1.82, 2.24) is 14.7 Å². The van der Waals surface area contributed by atoms with Crippen molar-refractivity contribution in [3.8, 4) is 22.6 Å². The molecule has 0 aliphatic carbocycles. The lowest BCUT2D eigenvalue weighted by Crippen LogP contribution is -2.32. The minimum absolute atomic E-state index is 0.183. The van der Waals surface area contributed by atoms with Gasteiger partial charge in [-0.15, -0.1) is 13.2 Å². The molecule has 6 nitrogen and oxygen atoms in total. The molecular formula is C22H20F3N3O3. The molecular weight excluding hydrogens is 411 g/mol. The number of benzene rings is 2. The molecule has 0 saturated heterocycles. The molecule has 31 heavy (non-hydrogen) atoms. The van der Waals surface area contributed by atoms with E-state index in [1.807, 2.05) is 19.2 Å². The summed E-state index contributed by atoms with van der Waals surface area (Å²) in [5.74, 6) is -0.00658. The zero-order valence-electron chi connectivity index (χ0n) is 16.7. The van der Waals surface area contributed by atoms with Gasteiger partial charge in [-0.05, 0) is 48.4 Å². The third-order valence-corrected chi connectivity index (χ3v) is 4.91. The number of fused-ring (bicyclic) bond motifs is 1. The number of hydrogen-bond acceptors (Lipinski definition) is 4. The number of aromatic nitrogens is 2. The van der Waals surface area contributed by atoms with Crippen molar-refractivity contribution in [1.29, 1.82) is 0 Å². The zero-order valence-corrected chi connectivity index (χ0v) is 16.7. The Kier molecular flexibility index (Phi) is 5.58. The fourth-order valence-electron chi connectivity index (χ4n) is 3.40. The van der Waals surface area contributed by atoms with Gasteiger partial charge in [-0.2, -0.15) is 5.10 Å². The smallest absolute Gasteiger partial charge is 0.491 e. The molecule has 3 aromatic rings. The number of rotatable bonds is 5. The fourth-order valence-corrected chi connectivity index (χ4v) is 3.40. The molecule has 2 aromatic carbocycles. The van der Waals surface area contributed by atoms with E-state index in [0.29, 0.717) is 42.1 Å². The quantitative estimate of drug-likeness (QED) is 0.597. The van der Waals surface area contributed by atoms with Gasteiger partial charge in [0, 0.05) is 12.7 Å². The Morgan fingerprint density at radius 1 is 1.10 bits per heavy atom. The van der Waals surface area contributed by atoms with E-state index in [2.05, 4.69) is 9.84 Å². The summed E-state index contributed by atoms with van der Waals surface area (Å²) in [5.41, 5.74) is 2.53. The second-order valence-corrected chi connectivity index (χ2v) is 7.02. The van der Waals surface area contributed by atoms with E-state index in [4.69, 9.17) is 4.74 Å². The van der Waals surface area contributed by atoms with Crippen molar-refractivity contribution >= 4 is 5.91 Å². The van der Waals surface area contributed by atoms with E-state index < -0.39 is 6.36 Å². The van der Waals surface area contributed by atoms with Gasteiger partial charge in [-0.25, -0.2) is 0 Å². The Hall–Kier alpha value is -3.49. The van der Waals surface area contributed by atoms with Gasteiger partial charge in [0.2, 0.25) is 0 Å². The van der Waals surface area contributed by atoms with Crippen LogP contribution in [-0.4, -0.2) is 40.1 Å². The minimum Gasteiger partial charge on any atom is -0.491 e. The van der Waals surface area contributed by atoms with Crippen LogP contribution in [0.5, 0.6) is 11.5 Å². The van der Waals surface area contributed by atoms with Crippen molar-refractivity contribution in [2.45, 2.75) is 26.4 Å². The van der Waals surface area contributed by atoms with Crippen LogP contribution in [0.15, 0.2) is 54.7 Å². The van der Waals surface area contributed by atoms with E-state index in [-0.39, 0.29) is 11.7 Å². The van der Waals surface area contributed by atoms with Gasteiger partial charge in [0.1, 0.15) is 18.1 Å². The number of hydrogen-bond donors (Lipinski definition) is 0. The van der Waals surface area contributed by atoms with E-state index in [0.717, 1.165) is 12.2 Å². The van der Waals surface area contributed by atoms with Crippen molar-refractivity contribution in [3.63, 3.8) is 0 Å². The number of halogens is 3. The highest BCUT2D eigenvalue weighted by Gasteiger charge is 2.31. The Bertz CT molecular complexity index is 1080. The summed E-state index contributed by atoms with van der Waals surface area (Å²) in [6, 6.07) is 12.6. The summed E-state index contributed by atoms with van der Waals surface area (Å²) in [7, 11) is 0. The number of carbonyl (C=O) groups is 1. The molecule has 0 atom stereocenters. The summed E-state index contributed by atoms with van der Waals surface area (Å²) in [4.78, 5) is 14.9. The van der Waals surface area contributed by atoms with Gasteiger partial charge in [0.05, 0.1) is 24.3 Å². The first-order chi connectivity index (χ1) is 14.8. The van der Waals surface area contributed by atoms with Crippen LogP contribution in [-0.2, 0) is 13.1 Å². The predicted molar refractivity (Wildman–Crippen MR) is 107 cm³/mol. The molecule has 0 saturated carbocycles. The molecule has 9 heteroatoms. The average molecular weight is 431 g/mol. The van der Waals surface area contributed by atoms with Gasteiger partial charge >= 0.3 is 6.36 Å². The van der Waals surface area contributed by atoms with Crippen LogP contribution in [0.1, 0.15) is 23.0 Å². The van der Waals surface area contributed by atoms with Crippen LogP contribution in [0, 0.1) is 0 Å². The highest BCUT2D eigenvalue weighted by molar-refractivity contribution is 5.98. The van der Waals surface area contributed by atoms with Crippen molar-refractivity contribution in [3.05, 3.63) is 66.0 Å². The molecule has 0 bridgehead atoms. The van der Waals surface area contributed by atoms with Crippen LogP contribution >= 0.6 is 0 Å². The molecule has 4 rings (SSSR count). The van der Waals surface area contributed by atoms with Crippen LogP contribution in [0.2, 0.25) is 0 Å². The number of aryl methyl sites for hydroxylation is 1. The first kappa shape index (κ1) is 20.8.